The first-order valence-corrected chi connectivity index (χ1v) is 9.06. The van der Waals surface area contributed by atoms with E-state index in [1.54, 1.807) is 37.7 Å². The van der Waals surface area contributed by atoms with Crippen molar-refractivity contribution < 1.29 is 39.7 Å². The first kappa shape index (κ1) is 21.1. The molecule has 0 amide bonds. The highest BCUT2D eigenvalue weighted by molar-refractivity contribution is 6.49. The highest BCUT2D eigenvalue weighted by atomic mass is 16.3. The monoisotopic (exact) mass is 415 g/mol. The minimum absolute atomic E-state index is 0.301. The van der Waals surface area contributed by atoms with Gasteiger partial charge in [0.2, 0.25) is 17.3 Å². The lowest BCUT2D eigenvalue weighted by Gasteiger charge is -2.20. The highest BCUT2D eigenvalue weighted by Gasteiger charge is 2.50. The molecule has 5 N–H and O–H groups in total. The molecule has 0 saturated heterocycles. The van der Waals surface area contributed by atoms with Crippen LogP contribution in [0.25, 0.3) is 0 Å². The average molecular weight is 415 g/mol. The molecule has 1 saturated carbocycles. The summed E-state index contributed by atoms with van der Waals surface area (Å²) in [5, 5.41) is 52.4. The summed E-state index contributed by atoms with van der Waals surface area (Å²) in [4.78, 5) is 27.0. The second kappa shape index (κ2) is 7.34. The summed E-state index contributed by atoms with van der Waals surface area (Å²) >= 11 is 0. The Hall–Kier alpha value is -3.59. The number of aromatic hydroxyl groups is 2. The molecule has 2 atom stereocenters. The van der Waals surface area contributed by atoms with Gasteiger partial charge >= 0.3 is 0 Å². The number of hydrogen-bond donors (Lipinski definition) is 5. The maximum atomic E-state index is 12.7. The van der Waals surface area contributed by atoms with E-state index in [9.17, 15) is 35.1 Å². The molecule has 2 aliphatic rings. The van der Waals surface area contributed by atoms with Crippen molar-refractivity contribution >= 4 is 23.0 Å². The third-order valence-electron chi connectivity index (χ3n) is 5.18. The first-order valence-electron chi connectivity index (χ1n) is 9.06. The molecule has 0 aromatic heterocycles. The Morgan fingerprint density at radius 2 is 1.43 bits per heavy atom. The van der Waals surface area contributed by atoms with Gasteiger partial charge in [-0.1, -0.05) is 0 Å². The van der Waals surface area contributed by atoms with Crippen molar-refractivity contribution in [2.24, 2.45) is 0 Å². The van der Waals surface area contributed by atoms with Crippen LogP contribution in [0.1, 0.15) is 11.5 Å². The summed E-state index contributed by atoms with van der Waals surface area (Å²) in [6.45, 7) is 0. The van der Waals surface area contributed by atoms with Crippen molar-refractivity contribution in [3.05, 3.63) is 52.5 Å². The topological polar surface area (TPSA) is 142 Å². The van der Waals surface area contributed by atoms with Crippen LogP contribution in [0.4, 0.5) is 5.69 Å². The van der Waals surface area contributed by atoms with Crippen LogP contribution >= 0.6 is 0 Å². The Morgan fingerprint density at radius 1 is 0.933 bits per heavy atom. The third kappa shape index (κ3) is 3.22. The van der Waals surface area contributed by atoms with Crippen molar-refractivity contribution in [1.29, 1.82) is 0 Å². The molecule has 0 bridgehead atoms. The smallest absolute Gasteiger partial charge is 0.228 e. The Kier molecular flexibility index (Phi) is 5.17. The van der Waals surface area contributed by atoms with E-state index in [1.807, 2.05) is 0 Å². The number of nitrogens with zero attached hydrogens (tertiary/aromatic N) is 2. The van der Waals surface area contributed by atoms with Gasteiger partial charge in [0, 0.05) is 43.1 Å². The quantitative estimate of drug-likeness (QED) is 0.270. The lowest BCUT2D eigenvalue weighted by molar-refractivity contribution is -0.462. The number of aliphatic hydroxyl groups is 3. The van der Waals surface area contributed by atoms with Gasteiger partial charge in [0.05, 0.1) is 29.7 Å². The molecular weight excluding hydrogens is 392 g/mol. The van der Waals surface area contributed by atoms with Gasteiger partial charge in [-0.05, 0) is 0 Å². The number of phenolic OH excluding ortho intramolecular Hbond substituents is 2. The van der Waals surface area contributed by atoms with Crippen LogP contribution in [0.2, 0.25) is 0 Å². The van der Waals surface area contributed by atoms with Gasteiger partial charge in [-0.3, -0.25) is 9.59 Å². The molecule has 0 spiro atoms. The fourth-order valence-electron chi connectivity index (χ4n) is 3.59. The normalized spacial score (nSPS) is 21.7. The SMILES string of the molecule is CN(C)c1cc(O)c(C2C(=O)C(=O)C(=C3C(O)=CC(=[N+](C)C)C=C3O)C2O)c(O)c1. The number of Topliss-reactive ketones (excluding diaryl/α,β-unsaturated/α-hetero) is 2. The molecule has 1 aromatic carbocycles. The van der Waals surface area contributed by atoms with Crippen molar-refractivity contribution in [3.8, 4) is 11.5 Å². The van der Waals surface area contributed by atoms with Crippen LogP contribution < -0.4 is 4.90 Å². The van der Waals surface area contributed by atoms with Gasteiger partial charge in [0.1, 0.15) is 37.1 Å². The molecule has 2 unspecified atom stereocenters. The predicted molar refractivity (Wildman–Crippen MR) is 108 cm³/mol. The minimum atomic E-state index is -1.80. The standard InChI is InChI=1S/C21H22N2O7/c1-22(2)9-5-11(24)15(12(25)6-9)17-19(28)18(21(30)20(17)29)16-13(26)7-10(23(3)4)8-14(16)27/h5-8,17,19,28H,1-4H3,(H3,24,25,26,27)/p+1. The number of anilines is 1. The van der Waals surface area contributed by atoms with E-state index >= 15 is 0 Å². The zero-order valence-corrected chi connectivity index (χ0v) is 16.9. The van der Waals surface area contributed by atoms with Crippen LogP contribution in [-0.4, -0.2) is 81.7 Å². The Labute approximate surface area is 172 Å². The fraction of sp³-hybridized carbons (Fsp3) is 0.286. The summed E-state index contributed by atoms with van der Waals surface area (Å²) in [7, 11) is 6.72. The minimum Gasteiger partial charge on any atom is -0.507 e. The number of carbonyl (C=O) groups is 2. The van der Waals surface area contributed by atoms with E-state index in [1.165, 1.54) is 24.3 Å². The second-order valence-electron chi connectivity index (χ2n) is 7.58. The molecule has 0 radical (unpaired) electrons. The van der Waals surface area contributed by atoms with Gasteiger partial charge < -0.3 is 30.4 Å². The zero-order valence-electron chi connectivity index (χ0n) is 16.9. The maximum Gasteiger partial charge on any atom is 0.228 e. The molecule has 30 heavy (non-hydrogen) atoms. The number of rotatable bonds is 2. The lowest BCUT2D eigenvalue weighted by Crippen LogP contribution is -2.21. The molecule has 9 heteroatoms. The molecule has 158 valence electrons. The van der Waals surface area contributed by atoms with Crippen molar-refractivity contribution in [1.82, 2.24) is 0 Å². The number of hydrogen-bond acceptors (Lipinski definition) is 8. The molecular formula is C21H23N2O7+. The maximum absolute atomic E-state index is 12.7. The summed E-state index contributed by atoms with van der Waals surface area (Å²) in [5.41, 5.74) is -0.283. The number of carbonyl (C=O) groups excluding carboxylic acids is 2. The summed E-state index contributed by atoms with van der Waals surface area (Å²) < 4.78 is 1.61. The molecule has 2 aliphatic carbocycles. The van der Waals surface area contributed by atoms with E-state index in [0.29, 0.717) is 11.4 Å². The van der Waals surface area contributed by atoms with Crippen LogP contribution in [0.5, 0.6) is 11.5 Å². The van der Waals surface area contributed by atoms with Crippen LogP contribution in [0, 0.1) is 0 Å². The van der Waals surface area contributed by atoms with Crippen LogP contribution in [0.15, 0.2) is 46.9 Å². The van der Waals surface area contributed by atoms with E-state index in [2.05, 4.69) is 0 Å². The van der Waals surface area contributed by atoms with Gasteiger partial charge in [-0.15, -0.1) is 0 Å². The highest BCUT2D eigenvalue weighted by Crippen LogP contribution is 2.45. The zero-order chi connectivity index (χ0) is 22.5. The summed E-state index contributed by atoms with van der Waals surface area (Å²) in [5.74, 6) is -5.71. The van der Waals surface area contributed by atoms with Gasteiger partial charge in [-0.25, -0.2) is 4.58 Å². The third-order valence-corrected chi connectivity index (χ3v) is 5.18. The van der Waals surface area contributed by atoms with E-state index in [4.69, 9.17) is 0 Å². The average Bonchev–Trinajstić information content (AvgIpc) is 2.85. The summed E-state index contributed by atoms with van der Waals surface area (Å²) in [6, 6.07) is 2.58. The number of aliphatic hydroxyl groups excluding tert-OH is 3. The first-order chi connectivity index (χ1) is 14.0. The van der Waals surface area contributed by atoms with E-state index < -0.39 is 52.2 Å². The van der Waals surface area contributed by atoms with Crippen molar-refractivity contribution in [2.75, 3.05) is 33.1 Å². The Bertz CT molecular complexity index is 1040. The van der Waals surface area contributed by atoms with Crippen molar-refractivity contribution in [3.63, 3.8) is 0 Å². The molecule has 1 aromatic rings. The Balaban J connectivity index is 2.17. The predicted octanol–water partition coefficient (Wildman–Crippen LogP) is 0.667. The molecule has 0 aliphatic heterocycles. The number of benzene rings is 1. The van der Waals surface area contributed by atoms with Crippen LogP contribution in [0.3, 0.4) is 0 Å². The largest absolute Gasteiger partial charge is 0.507 e. The van der Waals surface area contributed by atoms with Gasteiger partial charge in [0.15, 0.2) is 0 Å². The fourth-order valence-corrected chi connectivity index (χ4v) is 3.59. The summed E-state index contributed by atoms with van der Waals surface area (Å²) in [6.07, 6.45) is 0.760. The second-order valence-corrected chi connectivity index (χ2v) is 7.58. The van der Waals surface area contributed by atoms with E-state index in [0.717, 1.165) is 0 Å². The van der Waals surface area contributed by atoms with Crippen molar-refractivity contribution in [2.45, 2.75) is 12.0 Å². The lowest BCUT2D eigenvalue weighted by atomic mass is 9.90. The van der Waals surface area contributed by atoms with E-state index in [-0.39, 0.29) is 11.1 Å². The van der Waals surface area contributed by atoms with Gasteiger partial charge in [-0.2, -0.15) is 0 Å². The van der Waals surface area contributed by atoms with Crippen LogP contribution in [-0.2, 0) is 9.59 Å². The molecule has 0 heterocycles. The molecule has 1 fully saturated rings. The van der Waals surface area contributed by atoms with Gasteiger partial charge in [0.25, 0.3) is 0 Å². The molecule has 3 rings (SSSR count). The number of ketones is 2. The number of allylic oxidation sites excluding steroid dienone is 2. The molecule has 9 nitrogen and oxygen atoms in total. The number of phenols is 2. The Morgan fingerprint density at radius 3 is 1.87 bits per heavy atom.